The van der Waals surface area contributed by atoms with Crippen LogP contribution in [0, 0.1) is 0 Å². The Morgan fingerprint density at radius 3 is 2.29 bits per heavy atom. The topological polar surface area (TPSA) is 104 Å². The molecular weight excluding hydrogens is 296 g/mol. The van der Waals surface area contributed by atoms with Crippen molar-refractivity contribution in [2.75, 3.05) is 20.6 Å². The van der Waals surface area contributed by atoms with Gasteiger partial charge in [0.1, 0.15) is 0 Å². The average molecular weight is 314 g/mol. The van der Waals surface area contributed by atoms with Gasteiger partial charge in [0.2, 0.25) is 15.9 Å². The van der Waals surface area contributed by atoms with Crippen LogP contribution in [0.25, 0.3) is 0 Å². The molecule has 1 aromatic carbocycles. The van der Waals surface area contributed by atoms with Gasteiger partial charge >= 0.3 is 5.97 Å². The molecule has 0 atom stereocenters. The first-order valence-electron chi connectivity index (χ1n) is 6.25. The van der Waals surface area contributed by atoms with E-state index in [1.54, 1.807) is 0 Å². The number of carboxylic acids is 1. The van der Waals surface area contributed by atoms with Gasteiger partial charge in [0.25, 0.3) is 0 Å². The van der Waals surface area contributed by atoms with Gasteiger partial charge in [-0.2, -0.15) is 0 Å². The Labute approximate surface area is 123 Å². The number of nitrogens with one attached hydrogen (secondary N) is 1. The van der Waals surface area contributed by atoms with Crippen molar-refractivity contribution in [3.05, 3.63) is 29.8 Å². The number of carboxylic acid groups (broad SMARTS) is 1. The van der Waals surface area contributed by atoms with E-state index in [4.69, 9.17) is 5.11 Å². The summed E-state index contributed by atoms with van der Waals surface area (Å²) < 4.78 is 25.6. The fraction of sp³-hybridized carbons (Fsp3) is 0.385. The number of aliphatic carboxylic acids is 1. The molecule has 0 fully saturated rings. The molecule has 0 unspecified atom stereocenters. The third kappa shape index (κ3) is 4.83. The zero-order valence-corrected chi connectivity index (χ0v) is 12.7. The molecule has 116 valence electrons. The molecular formula is C13H18N2O5S. The van der Waals surface area contributed by atoms with Crippen LogP contribution in [0.4, 0.5) is 0 Å². The third-order valence-electron chi connectivity index (χ3n) is 2.92. The molecule has 0 aliphatic heterocycles. The normalized spacial score (nSPS) is 11.4. The number of nitrogens with zero attached hydrogens (tertiary/aromatic N) is 1. The summed E-state index contributed by atoms with van der Waals surface area (Å²) in [5.41, 5.74) is 0.523. The summed E-state index contributed by atoms with van der Waals surface area (Å²) in [6, 6.07) is 5.66. The maximum atomic E-state index is 12.2. The van der Waals surface area contributed by atoms with Crippen LogP contribution in [0.2, 0.25) is 0 Å². The summed E-state index contributed by atoms with van der Waals surface area (Å²) in [7, 11) is -0.806. The molecule has 0 radical (unpaired) electrons. The van der Waals surface area contributed by atoms with Crippen LogP contribution < -0.4 is 5.32 Å². The minimum absolute atomic E-state index is 0.0658. The molecule has 8 heteroatoms. The number of sulfonamides is 1. The molecule has 0 heterocycles. The number of hydrogen-bond donors (Lipinski definition) is 2. The van der Waals surface area contributed by atoms with E-state index in [2.05, 4.69) is 5.32 Å². The van der Waals surface area contributed by atoms with Crippen LogP contribution in [0.15, 0.2) is 29.2 Å². The fourth-order valence-electron chi connectivity index (χ4n) is 1.64. The molecule has 1 amide bonds. The van der Waals surface area contributed by atoms with Gasteiger partial charge in [-0.1, -0.05) is 12.1 Å². The first kappa shape index (κ1) is 17.1. The van der Waals surface area contributed by atoms with Crippen molar-refractivity contribution >= 4 is 21.9 Å². The van der Waals surface area contributed by atoms with Crippen LogP contribution in [-0.4, -0.2) is 50.3 Å². The molecule has 0 saturated heterocycles. The highest BCUT2D eigenvalue weighted by atomic mass is 32.2. The Bertz CT molecular complexity index is 610. The van der Waals surface area contributed by atoms with Crippen LogP contribution in [0.1, 0.15) is 12.0 Å². The minimum Gasteiger partial charge on any atom is -0.481 e. The van der Waals surface area contributed by atoms with Gasteiger partial charge in [-0.25, -0.2) is 12.7 Å². The standard InChI is InChI=1S/C13H18N2O5S/c1-14-12(16)7-8-15(2)21(19,20)11-5-3-10(4-6-11)9-13(17)18/h3-6H,7-9H2,1-2H3,(H,14,16)(H,17,18). The summed E-state index contributed by atoms with van der Waals surface area (Å²) in [6.45, 7) is 0.0683. The number of rotatable bonds is 7. The lowest BCUT2D eigenvalue weighted by molar-refractivity contribution is -0.136. The van der Waals surface area contributed by atoms with Gasteiger partial charge in [-0.15, -0.1) is 0 Å². The molecule has 1 aromatic rings. The van der Waals surface area contributed by atoms with Crippen LogP contribution in [-0.2, 0) is 26.0 Å². The zero-order valence-electron chi connectivity index (χ0n) is 11.9. The molecule has 0 aliphatic rings. The number of amides is 1. The van der Waals surface area contributed by atoms with E-state index in [1.165, 1.54) is 38.4 Å². The van der Waals surface area contributed by atoms with Crippen molar-refractivity contribution in [1.82, 2.24) is 9.62 Å². The van der Waals surface area contributed by atoms with Crippen molar-refractivity contribution in [1.29, 1.82) is 0 Å². The quantitative estimate of drug-likeness (QED) is 0.741. The van der Waals surface area contributed by atoms with Crippen molar-refractivity contribution in [3.63, 3.8) is 0 Å². The van der Waals surface area contributed by atoms with E-state index in [0.717, 1.165) is 4.31 Å². The van der Waals surface area contributed by atoms with E-state index in [1.807, 2.05) is 0 Å². The highest BCUT2D eigenvalue weighted by molar-refractivity contribution is 7.89. The molecule has 1 rings (SSSR count). The second kappa shape index (κ2) is 7.19. The first-order valence-corrected chi connectivity index (χ1v) is 7.69. The number of benzene rings is 1. The van der Waals surface area contributed by atoms with E-state index in [9.17, 15) is 18.0 Å². The van der Waals surface area contributed by atoms with Crippen molar-refractivity contribution in [2.45, 2.75) is 17.7 Å². The monoisotopic (exact) mass is 314 g/mol. The van der Waals surface area contributed by atoms with Crippen LogP contribution in [0.3, 0.4) is 0 Å². The molecule has 0 aliphatic carbocycles. The molecule has 7 nitrogen and oxygen atoms in total. The Morgan fingerprint density at radius 1 is 1.24 bits per heavy atom. The third-order valence-corrected chi connectivity index (χ3v) is 4.79. The van der Waals surface area contributed by atoms with E-state index < -0.39 is 16.0 Å². The number of carbonyl (C=O) groups is 2. The smallest absolute Gasteiger partial charge is 0.307 e. The van der Waals surface area contributed by atoms with Gasteiger partial charge in [0.05, 0.1) is 11.3 Å². The zero-order chi connectivity index (χ0) is 16.0. The molecule has 21 heavy (non-hydrogen) atoms. The predicted octanol–water partition coefficient (Wildman–Crippen LogP) is 0.0703. The lowest BCUT2D eigenvalue weighted by atomic mass is 10.2. The molecule has 0 spiro atoms. The maximum Gasteiger partial charge on any atom is 0.307 e. The SMILES string of the molecule is CNC(=O)CCN(C)S(=O)(=O)c1ccc(CC(=O)O)cc1. The summed E-state index contributed by atoms with van der Waals surface area (Å²) in [6.07, 6.45) is -0.0871. The first-order chi connectivity index (χ1) is 9.77. The predicted molar refractivity (Wildman–Crippen MR) is 76.3 cm³/mol. The lowest BCUT2D eigenvalue weighted by Crippen LogP contribution is -2.31. The van der Waals surface area contributed by atoms with Crippen molar-refractivity contribution in [2.24, 2.45) is 0 Å². The van der Waals surface area contributed by atoms with Crippen molar-refractivity contribution < 1.29 is 23.1 Å². The van der Waals surface area contributed by atoms with Gasteiger partial charge in [-0.3, -0.25) is 9.59 Å². The fourth-order valence-corrected chi connectivity index (χ4v) is 2.81. The molecule has 0 aromatic heterocycles. The Morgan fingerprint density at radius 2 is 1.81 bits per heavy atom. The summed E-state index contributed by atoms with van der Waals surface area (Å²) in [4.78, 5) is 21.8. The Hall–Kier alpha value is -1.93. The minimum atomic E-state index is -3.68. The van der Waals surface area contributed by atoms with Crippen molar-refractivity contribution in [3.8, 4) is 0 Å². The van der Waals surface area contributed by atoms with Gasteiger partial charge in [0, 0.05) is 27.1 Å². The van der Waals surface area contributed by atoms with E-state index in [0.29, 0.717) is 5.56 Å². The molecule has 0 saturated carbocycles. The van der Waals surface area contributed by atoms with E-state index >= 15 is 0 Å². The van der Waals surface area contributed by atoms with E-state index in [-0.39, 0.29) is 30.2 Å². The Balaban J connectivity index is 2.82. The largest absolute Gasteiger partial charge is 0.481 e. The molecule has 2 N–H and O–H groups in total. The highest BCUT2D eigenvalue weighted by Gasteiger charge is 2.21. The summed E-state index contributed by atoms with van der Waals surface area (Å²) >= 11 is 0. The van der Waals surface area contributed by atoms with Crippen LogP contribution in [0.5, 0.6) is 0 Å². The highest BCUT2D eigenvalue weighted by Crippen LogP contribution is 2.15. The lowest BCUT2D eigenvalue weighted by Gasteiger charge is -2.16. The Kier molecular flexibility index (Phi) is 5.86. The summed E-state index contributed by atoms with van der Waals surface area (Å²) in [5.74, 6) is -1.22. The summed E-state index contributed by atoms with van der Waals surface area (Å²) in [5, 5.41) is 11.1. The van der Waals surface area contributed by atoms with Crippen LogP contribution >= 0.6 is 0 Å². The average Bonchev–Trinajstić information content (AvgIpc) is 2.44. The number of hydrogen-bond acceptors (Lipinski definition) is 4. The maximum absolute atomic E-state index is 12.2. The van der Waals surface area contributed by atoms with Gasteiger partial charge in [-0.05, 0) is 17.7 Å². The molecule has 0 bridgehead atoms. The number of carbonyl (C=O) groups excluding carboxylic acids is 1. The van der Waals surface area contributed by atoms with Gasteiger partial charge < -0.3 is 10.4 Å². The second-order valence-electron chi connectivity index (χ2n) is 4.46. The van der Waals surface area contributed by atoms with Gasteiger partial charge in [0.15, 0.2) is 0 Å². The second-order valence-corrected chi connectivity index (χ2v) is 6.51.